The van der Waals surface area contributed by atoms with E-state index in [2.05, 4.69) is 34.1 Å². The average Bonchev–Trinajstić information content (AvgIpc) is 3.24. The number of rotatable bonds is 5. The summed E-state index contributed by atoms with van der Waals surface area (Å²) in [5.41, 5.74) is 3.18. The molecule has 3 fully saturated rings. The van der Waals surface area contributed by atoms with Gasteiger partial charge in [-0.25, -0.2) is 4.98 Å². The summed E-state index contributed by atoms with van der Waals surface area (Å²) >= 11 is 6.97. The van der Waals surface area contributed by atoms with E-state index in [-0.39, 0.29) is 17.5 Å². The molecule has 2 saturated heterocycles. The maximum Gasteiger partial charge on any atom is 0.267 e. The normalized spacial score (nSPS) is 20.5. The molecule has 2 aromatic heterocycles. The fourth-order valence-electron chi connectivity index (χ4n) is 5.89. The van der Waals surface area contributed by atoms with Crippen LogP contribution in [0.2, 0.25) is 0 Å². The van der Waals surface area contributed by atoms with Crippen LogP contribution >= 0.6 is 24.0 Å². The molecule has 39 heavy (non-hydrogen) atoms. The number of amides is 1. The first-order chi connectivity index (χ1) is 19.0. The Labute approximate surface area is 238 Å². The molecule has 0 unspecified atom stereocenters. The molecule has 0 spiro atoms. The van der Waals surface area contributed by atoms with Gasteiger partial charge in [0.2, 0.25) is 0 Å². The highest BCUT2D eigenvalue weighted by molar-refractivity contribution is 8.26. The number of benzene rings is 1. The molecule has 1 aliphatic carbocycles. The maximum absolute atomic E-state index is 13.9. The van der Waals surface area contributed by atoms with E-state index in [1.165, 1.54) is 23.7 Å². The van der Waals surface area contributed by atoms with Crippen molar-refractivity contribution >= 4 is 51.7 Å². The summed E-state index contributed by atoms with van der Waals surface area (Å²) in [6.45, 7) is 6.12. The summed E-state index contributed by atoms with van der Waals surface area (Å²) < 4.78 is 2.19. The van der Waals surface area contributed by atoms with Gasteiger partial charge in [-0.3, -0.25) is 23.8 Å². The third kappa shape index (κ3) is 5.27. The fraction of sp³-hybridized carbons (Fsp3) is 0.400. The van der Waals surface area contributed by atoms with Crippen molar-refractivity contribution in [2.45, 2.75) is 51.6 Å². The van der Waals surface area contributed by atoms with Crippen LogP contribution < -0.4 is 10.5 Å². The van der Waals surface area contributed by atoms with Gasteiger partial charge < -0.3 is 4.90 Å². The van der Waals surface area contributed by atoms with Gasteiger partial charge in [-0.05, 0) is 43.0 Å². The second kappa shape index (κ2) is 11.2. The molecule has 6 rings (SSSR count). The molecule has 9 heteroatoms. The second-order valence-corrected chi connectivity index (χ2v) is 12.3. The summed E-state index contributed by atoms with van der Waals surface area (Å²) in [4.78, 5) is 39.4. The van der Waals surface area contributed by atoms with Gasteiger partial charge in [0.25, 0.3) is 11.5 Å². The first kappa shape index (κ1) is 26.2. The largest absolute Gasteiger partial charge is 0.353 e. The van der Waals surface area contributed by atoms with E-state index < -0.39 is 0 Å². The summed E-state index contributed by atoms with van der Waals surface area (Å²) in [5, 5.41) is 0. The third-order valence-corrected chi connectivity index (χ3v) is 9.35. The van der Waals surface area contributed by atoms with Gasteiger partial charge >= 0.3 is 0 Å². The number of thioether (sulfide) groups is 1. The van der Waals surface area contributed by atoms with Crippen molar-refractivity contribution < 1.29 is 4.79 Å². The summed E-state index contributed by atoms with van der Waals surface area (Å²) in [5.74, 6) is 0.570. The number of hydrogen-bond donors (Lipinski definition) is 0. The molecule has 0 bridgehead atoms. The minimum absolute atomic E-state index is 0.0794. The Morgan fingerprint density at radius 1 is 1.00 bits per heavy atom. The molecule has 0 N–H and O–H groups in total. The lowest BCUT2D eigenvalue weighted by Crippen LogP contribution is -2.47. The number of aromatic nitrogens is 2. The van der Waals surface area contributed by atoms with Crippen LogP contribution in [0.4, 0.5) is 5.82 Å². The van der Waals surface area contributed by atoms with Crippen molar-refractivity contribution in [1.82, 2.24) is 19.2 Å². The quantitative estimate of drug-likeness (QED) is 0.327. The molecule has 0 atom stereocenters. The number of nitrogens with zero attached hydrogens (tertiary/aromatic N) is 5. The van der Waals surface area contributed by atoms with Crippen molar-refractivity contribution in [2.24, 2.45) is 0 Å². The van der Waals surface area contributed by atoms with E-state index in [1.807, 2.05) is 25.1 Å². The van der Waals surface area contributed by atoms with E-state index in [1.54, 1.807) is 21.6 Å². The molecule has 3 aliphatic rings. The monoisotopic (exact) mass is 559 g/mol. The average molecular weight is 560 g/mol. The van der Waals surface area contributed by atoms with Gasteiger partial charge in [-0.1, -0.05) is 79.6 Å². The van der Waals surface area contributed by atoms with Crippen LogP contribution in [-0.4, -0.2) is 61.6 Å². The number of fused-ring (bicyclic) bond motifs is 1. The molecule has 1 saturated carbocycles. The lowest BCUT2D eigenvalue weighted by molar-refractivity contribution is -0.124. The van der Waals surface area contributed by atoms with Gasteiger partial charge in [0, 0.05) is 45.0 Å². The van der Waals surface area contributed by atoms with Gasteiger partial charge in [0.1, 0.15) is 15.8 Å². The van der Waals surface area contributed by atoms with Crippen LogP contribution in [0.25, 0.3) is 11.7 Å². The van der Waals surface area contributed by atoms with E-state index in [9.17, 15) is 9.59 Å². The number of carbonyl (C=O) groups excluding carboxylic acids is 1. The molecule has 202 valence electrons. The highest BCUT2D eigenvalue weighted by Gasteiger charge is 2.38. The molecule has 4 heterocycles. The third-order valence-electron chi connectivity index (χ3n) is 8.02. The predicted octanol–water partition coefficient (Wildman–Crippen LogP) is 4.86. The van der Waals surface area contributed by atoms with E-state index in [0.717, 1.165) is 64.0 Å². The Balaban J connectivity index is 1.33. The molecular weight excluding hydrogens is 526 g/mol. The molecule has 1 amide bonds. The Morgan fingerprint density at radius 2 is 1.74 bits per heavy atom. The SMILES string of the molecule is Cc1cccn2c(=O)c(C=C3SC(=S)N(C4CCCCC4)C3=O)c(N3CCN(Cc4ccccc4)CC3)nc12. The zero-order valence-corrected chi connectivity index (χ0v) is 23.8. The maximum atomic E-state index is 13.9. The second-order valence-electron chi connectivity index (χ2n) is 10.6. The van der Waals surface area contributed by atoms with Crippen molar-refractivity contribution in [3.63, 3.8) is 0 Å². The Bertz CT molecular complexity index is 1490. The zero-order valence-electron chi connectivity index (χ0n) is 22.2. The summed E-state index contributed by atoms with van der Waals surface area (Å²) in [6.07, 6.45) is 8.92. The van der Waals surface area contributed by atoms with E-state index in [0.29, 0.717) is 26.3 Å². The zero-order chi connectivity index (χ0) is 26.9. The highest BCUT2D eigenvalue weighted by Crippen LogP contribution is 2.38. The van der Waals surface area contributed by atoms with Gasteiger partial charge in [0.05, 0.1) is 10.5 Å². The van der Waals surface area contributed by atoms with E-state index >= 15 is 0 Å². The topological polar surface area (TPSA) is 61.2 Å². The first-order valence-corrected chi connectivity index (χ1v) is 15.0. The standard InChI is InChI=1S/C30H33N5O2S2/c1-21-9-8-14-34-26(21)31-27(33-17-15-32(16-18-33)20-22-10-4-2-5-11-22)24(28(34)36)19-25-29(37)35(30(38)39-25)23-12-6-3-7-13-23/h2,4-5,8-11,14,19,23H,3,6-7,12-13,15-18,20H2,1H3. The van der Waals surface area contributed by atoms with Crippen molar-refractivity contribution in [2.75, 3.05) is 31.1 Å². The first-order valence-electron chi connectivity index (χ1n) is 13.8. The molecule has 1 aromatic carbocycles. The van der Waals surface area contributed by atoms with Crippen LogP contribution in [0.15, 0.2) is 58.4 Å². The summed E-state index contributed by atoms with van der Waals surface area (Å²) in [7, 11) is 0. The molecule has 3 aromatic rings. The fourth-order valence-corrected chi connectivity index (χ4v) is 7.27. The van der Waals surface area contributed by atoms with Crippen LogP contribution in [0.3, 0.4) is 0 Å². The Morgan fingerprint density at radius 3 is 2.49 bits per heavy atom. The smallest absolute Gasteiger partial charge is 0.267 e. The number of anilines is 1. The minimum Gasteiger partial charge on any atom is -0.353 e. The van der Waals surface area contributed by atoms with E-state index in [4.69, 9.17) is 17.2 Å². The van der Waals surface area contributed by atoms with Gasteiger partial charge in [-0.2, -0.15) is 0 Å². The van der Waals surface area contributed by atoms with Crippen LogP contribution in [0.1, 0.15) is 48.8 Å². The molecule has 7 nitrogen and oxygen atoms in total. The molecular formula is C30H33N5O2S2. The number of thiocarbonyl (C=S) groups is 1. The Hall–Kier alpha value is -3.01. The molecule has 2 aliphatic heterocycles. The number of hydrogen-bond acceptors (Lipinski definition) is 7. The van der Waals surface area contributed by atoms with Crippen molar-refractivity contribution in [3.8, 4) is 0 Å². The number of aryl methyl sites for hydroxylation is 1. The van der Waals surface area contributed by atoms with Crippen LogP contribution in [0.5, 0.6) is 0 Å². The lowest BCUT2D eigenvalue weighted by atomic mass is 9.94. The number of carbonyl (C=O) groups is 1. The molecule has 0 radical (unpaired) electrons. The van der Waals surface area contributed by atoms with Gasteiger partial charge in [-0.15, -0.1) is 0 Å². The van der Waals surface area contributed by atoms with Crippen molar-refractivity contribution in [1.29, 1.82) is 0 Å². The number of pyridine rings is 1. The van der Waals surface area contributed by atoms with Gasteiger partial charge in [0.15, 0.2) is 0 Å². The van der Waals surface area contributed by atoms with Crippen LogP contribution in [-0.2, 0) is 11.3 Å². The van der Waals surface area contributed by atoms with Crippen LogP contribution in [0, 0.1) is 6.92 Å². The van der Waals surface area contributed by atoms with Crippen molar-refractivity contribution in [3.05, 3.63) is 80.6 Å². The Kier molecular flexibility index (Phi) is 7.55. The highest BCUT2D eigenvalue weighted by atomic mass is 32.2. The minimum atomic E-state index is -0.159. The lowest BCUT2D eigenvalue weighted by Gasteiger charge is -2.36. The summed E-state index contributed by atoms with van der Waals surface area (Å²) in [6, 6.07) is 14.5. The predicted molar refractivity (Wildman–Crippen MR) is 162 cm³/mol. The number of piperazine rings is 1.